The van der Waals surface area contributed by atoms with Gasteiger partial charge in [-0.1, -0.05) is 12.1 Å². The maximum absolute atomic E-state index is 13.5. The van der Waals surface area contributed by atoms with Crippen LogP contribution in [0.1, 0.15) is 25.7 Å². The first kappa shape index (κ1) is 13.8. The van der Waals surface area contributed by atoms with Crippen molar-refractivity contribution in [1.29, 1.82) is 0 Å². The maximum Gasteiger partial charge on any atom is 0.322 e. The Balaban J connectivity index is 2.00. The highest BCUT2D eigenvalue weighted by atomic mass is 19.1. The fourth-order valence-corrected chi connectivity index (χ4v) is 2.16. The smallest absolute Gasteiger partial charge is 0.322 e. The van der Waals surface area contributed by atoms with Gasteiger partial charge in [-0.2, -0.15) is 0 Å². The number of para-hydroxylation sites is 1. The molecule has 104 valence electrons. The van der Waals surface area contributed by atoms with E-state index >= 15 is 0 Å². The van der Waals surface area contributed by atoms with Gasteiger partial charge in [0, 0.05) is 12.6 Å². The summed E-state index contributed by atoms with van der Waals surface area (Å²) >= 11 is 0. The Morgan fingerprint density at radius 3 is 2.74 bits per heavy atom. The molecule has 0 atom stereocenters. The Morgan fingerprint density at radius 1 is 1.42 bits per heavy atom. The molecule has 2 rings (SSSR count). The zero-order valence-corrected chi connectivity index (χ0v) is 10.9. The predicted octanol–water partition coefficient (Wildman–Crippen LogP) is 2.56. The number of carbonyl (C=O) groups excluding carboxylic acids is 1. The molecule has 1 fully saturated rings. The Bertz CT molecular complexity index is 434. The van der Waals surface area contributed by atoms with E-state index in [0.717, 1.165) is 25.7 Å². The number of amides is 2. The number of nitrogens with zero attached hydrogens (tertiary/aromatic N) is 1. The van der Waals surface area contributed by atoms with Gasteiger partial charge in [0.2, 0.25) is 0 Å². The van der Waals surface area contributed by atoms with Gasteiger partial charge in [0.1, 0.15) is 5.82 Å². The van der Waals surface area contributed by atoms with E-state index in [0.29, 0.717) is 13.1 Å². The number of nitrogens with two attached hydrogens (primary N) is 1. The topological polar surface area (TPSA) is 58.4 Å². The van der Waals surface area contributed by atoms with Crippen LogP contribution in [0.25, 0.3) is 0 Å². The summed E-state index contributed by atoms with van der Waals surface area (Å²) in [6.07, 6.45) is 3.96. The number of halogens is 1. The molecule has 0 bridgehead atoms. The lowest BCUT2D eigenvalue weighted by Crippen LogP contribution is -2.47. The molecule has 5 heteroatoms. The largest absolute Gasteiger partial charge is 0.330 e. The van der Waals surface area contributed by atoms with Crippen LogP contribution < -0.4 is 11.1 Å². The molecule has 0 aromatic heterocycles. The average molecular weight is 265 g/mol. The molecular weight excluding hydrogens is 245 g/mol. The lowest BCUT2D eigenvalue weighted by molar-refractivity contribution is 0.148. The third kappa shape index (κ3) is 3.44. The number of rotatable bonds is 5. The van der Waals surface area contributed by atoms with E-state index < -0.39 is 5.82 Å². The molecule has 0 heterocycles. The minimum Gasteiger partial charge on any atom is -0.330 e. The predicted molar refractivity (Wildman–Crippen MR) is 73.4 cm³/mol. The number of hydrogen-bond acceptors (Lipinski definition) is 2. The summed E-state index contributed by atoms with van der Waals surface area (Å²) in [5, 5.41) is 2.64. The van der Waals surface area contributed by atoms with Crippen LogP contribution in [0.4, 0.5) is 14.9 Å². The zero-order valence-electron chi connectivity index (χ0n) is 10.9. The van der Waals surface area contributed by atoms with Crippen molar-refractivity contribution in [3.8, 4) is 0 Å². The monoisotopic (exact) mass is 265 g/mol. The number of urea groups is 1. The van der Waals surface area contributed by atoms with Crippen molar-refractivity contribution in [2.45, 2.75) is 31.7 Å². The highest BCUT2D eigenvalue weighted by Crippen LogP contribution is 2.26. The summed E-state index contributed by atoms with van der Waals surface area (Å²) in [5.74, 6) is -0.414. The van der Waals surface area contributed by atoms with Gasteiger partial charge >= 0.3 is 6.03 Å². The van der Waals surface area contributed by atoms with Crippen molar-refractivity contribution in [2.75, 3.05) is 18.4 Å². The first-order chi connectivity index (χ1) is 9.22. The van der Waals surface area contributed by atoms with Gasteiger partial charge in [-0.3, -0.25) is 0 Å². The molecule has 4 nitrogen and oxygen atoms in total. The fraction of sp³-hybridized carbons (Fsp3) is 0.500. The molecule has 0 saturated heterocycles. The lowest BCUT2D eigenvalue weighted by Gasteiger charge is -2.37. The standard InChI is InChI=1S/C14H20FN3O/c15-12-7-1-2-8-13(12)17-14(19)18(10-4-9-16)11-5-3-6-11/h1-2,7-8,11H,3-6,9-10,16H2,(H,17,19). The number of nitrogens with one attached hydrogen (secondary N) is 1. The van der Waals surface area contributed by atoms with Gasteiger partial charge in [-0.05, 0) is 44.4 Å². The first-order valence-corrected chi connectivity index (χ1v) is 6.74. The minimum absolute atomic E-state index is 0.226. The number of carbonyl (C=O) groups is 1. The molecule has 0 radical (unpaired) electrons. The van der Waals surface area contributed by atoms with Crippen molar-refractivity contribution < 1.29 is 9.18 Å². The number of hydrogen-bond donors (Lipinski definition) is 2. The molecule has 0 unspecified atom stereocenters. The SMILES string of the molecule is NCCCN(C(=O)Nc1ccccc1F)C1CCC1. The molecule has 2 amide bonds. The normalized spacial score (nSPS) is 14.8. The van der Waals surface area contributed by atoms with Crippen LogP contribution in [0.3, 0.4) is 0 Å². The fourth-order valence-electron chi connectivity index (χ4n) is 2.16. The quantitative estimate of drug-likeness (QED) is 0.859. The zero-order chi connectivity index (χ0) is 13.7. The Hall–Kier alpha value is -1.62. The van der Waals surface area contributed by atoms with Crippen molar-refractivity contribution in [3.05, 3.63) is 30.1 Å². The third-order valence-electron chi connectivity index (χ3n) is 3.49. The summed E-state index contributed by atoms with van der Waals surface area (Å²) in [5.41, 5.74) is 5.72. The van der Waals surface area contributed by atoms with Gasteiger partial charge in [-0.25, -0.2) is 9.18 Å². The molecule has 1 aromatic rings. The van der Waals surface area contributed by atoms with Gasteiger partial charge in [0.05, 0.1) is 5.69 Å². The van der Waals surface area contributed by atoms with Crippen LogP contribution in [0.15, 0.2) is 24.3 Å². The van der Waals surface area contributed by atoms with Crippen LogP contribution in [0, 0.1) is 5.82 Å². The number of benzene rings is 1. The van der Waals surface area contributed by atoms with Crippen LogP contribution >= 0.6 is 0 Å². The van der Waals surface area contributed by atoms with E-state index in [4.69, 9.17) is 5.73 Å². The molecule has 1 saturated carbocycles. The molecule has 19 heavy (non-hydrogen) atoms. The summed E-state index contributed by atoms with van der Waals surface area (Å²) in [6, 6.07) is 6.25. The molecule has 3 N–H and O–H groups in total. The summed E-state index contributed by atoms with van der Waals surface area (Å²) < 4.78 is 13.5. The second-order valence-electron chi connectivity index (χ2n) is 4.83. The Labute approximate surface area is 112 Å². The van der Waals surface area contributed by atoms with E-state index in [1.54, 1.807) is 23.1 Å². The van der Waals surface area contributed by atoms with Gasteiger partial charge in [0.15, 0.2) is 0 Å². The van der Waals surface area contributed by atoms with Gasteiger partial charge in [0.25, 0.3) is 0 Å². The molecule has 1 aliphatic rings. The van der Waals surface area contributed by atoms with E-state index in [9.17, 15) is 9.18 Å². The summed E-state index contributed by atoms with van der Waals surface area (Å²) in [4.78, 5) is 14.0. The van der Waals surface area contributed by atoms with E-state index in [1.165, 1.54) is 6.07 Å². The minimum atomic E-state index is -0.414. The number of anilines is 1. The van der Waals surface area contributed by atoms with Crippen molar-refractivity contribution in [3.63, 3.8) is 0 Å². The average Bonchev–Trinajstić information content (AvgIpc) is 2.34. The summed E-state index contributed by atoms with van der Waals surface area (Å²) in [7, 11) is 0. The van der Waals surface area contributed by atoms with Crippen LogP contribution in [-0.4, -0.2) is 30.1 Å². The second-order valence-corrected chi connectivity index (χ2v) is 4.83. The highest BCUT2D eigenvalue weighted by molar-refractivity contribution is 5.89. The van der Waals surface area contributed by atoms with Gasteiger partial charge < -0.3 is 16.0 Å². The molecule has 1 aromatic carbocycles. The first-order valence-electron chi connectivity index (χ1n) is 6.74. The van der Waals surface area contributed by atoms with E-state index in [-0.39, 0.29) is 17.8 Å². The molecular formula is C14H20FN3O. The maximum atomic E-state index is 13.5. The Morgan fingerprint density at radius 2 is 2.16 bits per heavy atom. The molecule has 0 spiro atoms. The Kier molecular flexibility index (Phi) is 4.74. The van der Waals surface area contributed by atoms with E-state index in [2.05, 4.69) is 5.32 Å². The van der Waals surface area contributed by atoms with Gasteiger partial charge in [-0.15, -0.1) is 0 Å². The van der Waals surface area contributed by atoms with Crippen LogP contribution in [0.5, 0.6) is 0 Å². The van der Waals surface area contributed by atoms with Crippen LogP contribution in [-0.2, 0) is 0 Å². The van der Waals surface area contributed by atoms with Crippen molar-refractivity contribution >= 4 is 11.7 Å². The molecule has 1 aliphatic carbocycles. The highest BCUT2D eigenvalue weighted by Gasteiger charge is 2.28. The molecule has 0 aliphatic heterocycles. The summed E-state index contributed by atoms with van der Waals surface area (Å²) in [6.45, 7) is 1.18. The van der Waals surface area contributed by atoms with E-state index in [1.807, 2.05) is 0 Å². The van der Waals surface area contributed by atoms with Crippen LogP contribution in [0.2, 0.25) is 0 Å². The van der Waals surface area contributed by atoms with Crippen molar-refractivity contribution in [2.24, 2.45) is 5.73 Å². The second kappa shape index (κ2) is 6.52. The lowest BCUT2D eigenvalue weighted by atomic mass is 9.91. The third-order valence-corrected chi connectivity index (χ3v) is 3.49. The van der Waals surface area contributed by atoms with Crippen molar-refractivity contribution in [1.82, 2.24) is 4.90 Å².